The number of rotatable bonds is 8. The number of nitrogen functional groups attached to an aromatic ring is 1. The normalized spacial score (nSPS) is 13.3. The van der Waals surface area contributed by atoms with Gasteiger partial charge in [-0.1, -0.05) is 0 Å². The number of nitrogens with zero attached hydrogens (tertiary/aromatic N) is 2. The van der Waals surface area contributed by atoms with Crippen molar-refractivity contribution in [1.82, 2.24) is 9.97 Å². The lowest BCUT2D eigenvalue weighted by molar-refractivity contribution is -0.0546. The number of hydrogen-bond donors (Lipinski definition) is 3. The summed E-state index contributed by atoms with van der Waals surface area (Å²) in [6.07, 6.45) is 0.706. The molecule has 0 aromatic carbocycles. The van der Waals surface area contributed by atoms with Gasteiger partial charge in [0.15, 0.2) is 5.82 Å². The van der Waals surface area contributed by atoms with Crippen LogP contribution in [0.4, 0.5) is 17.5 Å². The lowest BCUT2D eigenvalue weighted by Gasteiger charge is -2.16. The molecule has 0 saturated carbocycles. The number of aromatic nitrogens is 2. The highest BCUT2D eigenvalue weighted by molar-refractivity contribution is 5.69. The van der Waals surface area contributed by atoms with E-state index in [4.69, 9.17) is 20.0 Å². The molecule has 2 heterocycles. The number of nitrogens with one attached hydrogen (secondary N) is 2. The summed E-state index contributed by atoms with van der Waals surface area (Å²) < 4.78 is 10.3. The fourth-order valence-corrected chi connectivity index (χ4v) is 1.69. The Morgan fingerprint density at radius 1 is 1.40 bits per heavy atom. The molecule has 1 aromatic rings. The van der Waals surface area contributed by atoms with E-state index in [1.165, 1.54) is 5.06 Å². The summed E-state index contributed by atoms with van der Waals surface area (Å²) in [5.41, 5.74) is 5.57. The van der Waals surface area contributed by atoms with Crippen LogP contribution in [0.25, 0.3) is 0 Å². The van der Waals surface area contributed by atoms with Crippen LogP contribution in [0.5, 0.6) is 0 Å². The van der Waals surface area contributed by atoms with E-state index in [9.17, 15) is 4.79 Å². The Bertz CT molecular complexity index is 492. The Balaban J connectivity index is 1.76. The zero-order valence-corrected chi connectivity index (χ0v) is 11.3. The largest absolute Gasteiger partial charge is 0.369 e. The molecule has 0 atom stereocenters. The molecule has 0 unspecified atom stereocenters. The molecule has 0 fully saturated rings. The molecule has 0 bridgehead atoms. The van der Waals surface area contributed by atoms with Crippen LogP contribution in [-0.2, 0) is 14.3 Å². The van der Waals surface area contributed by atoms with E-state index in [-0.39, 0.29) is 18.3 Å². The van der Waals surface area contributed by atoms with Crippen LogP contribution in [0.3, 0.4) is 0 Å². The van der Waals surface area contributed by atoms with Crippen molar-refractivity contribution in [3.05, 3.63) is 10.4 Å². The zero-order chi connectivity index (χ0) is 14.4. The van der Waals surface area contributed by atoms with Crippen LogP contribution in [0.15, 0.2) is 4.79 Å². The second kappa shape index (κ2) is 7.08. The van der Waals surface area contributed by atoms with E-state index in [1.807, 2.05) is 6.92 Å². The van der Waals surface area contributed by atoms with Gasteiger partial charge in [0, 0.05) is 6.61 Å². The van der Waals surface area contributed by atoms with E-state index in [1.54, 1.807) is 0 Å². The minimum atomic E-state index is -0.307. The van der Waals surface area contributed by atoms with Gasteiger partial charge in [0.2, 0.25) is 5.95 Å². The molecular formula is C11H19N5O4. The third-order valence-corrected chi connectivity index (χ3v) is 2.61. The molecule has 0 saturated heterocycles. The van der Waals surface area contributed by atoms with Gasteiger partial charge >= 0.3 is 0 Å². The lowest BCUT2D eigenvalue weighted by atomic mass is 10.5. The second-order valence-electron chi connectivity index (χ2n) is 4.07. The van der Waals surface area contributed by atoms with Crippen LogP contribution in [0.2, 0.25) is 0 Å². The predicted octanol–water partition coefficient (Wildman–Crippen LogP) is -0.126. The summed E-state index contributed by atoms with van der Waals surface area (Å²) in [4.78, 5) is 23.6. The van der Waals surface area contributed by atoms with Crippen molar-refractivity contribution in [2.75, 3.05) is 49.4 Å². The molecule has 9 nitrogen and oxygen atoms in total. The molecule has 0 radical (unpaired) electrons. The zero-order valence-electron chi connectivity index (χ0n) is 11.3. The first-order valence-corrected chi connectivity index (χ1v) is 6.42. The molecule has 1 aromatic heterocycles. The molecule has 0 aliphatic carbocycles. The maximum atomic E-state index is 11.6. The van der Waals surface area contributed by atoms with Crippen molar-refractivity contribution in [2.24, 2.45) is 0 Å². The number of fused-ring (bicyclic) bond motifs is 1. The predicted molar refractivity (Wildman–Crippen MR) is 73.3 cm³/mol. The highest BCUT2D eigenvalue weighted by Gasteiger charge is 2.24. The van der Waals surface area contributed by atoms with Gasteiger partial charge in [-0.25, -0.2) is 5.06 Å². The van der Waals surface area contributed by atoms with Gasteiger partial charge in [-0.15, -0.1) is 0 Å². The van der Waals surface area contributed by atoms with Gasteiger partial charge in [-0.2, -0.15) is 4.98 Å². The number of hydroxylamine groups is 1. The van der Waals surface area contributed by atoms with E-state index in [0.717, 1.165) is 0 Å². The van der Waals surface area contributed by atoms with Crippen molar-refractivity contribution in [1.29, 1.82) is 0 Å². The minimum absolute atomic E-state index is 0.0612. The Morgan fingerprint density at radius 3 is 3.05 bits per heavy atom. The number of nitrogens with two attached hydrogens (primary N) is 1. The highest BCUT2D eigenvalue weighted by Crippen LogP contribution is 2.25. The molecule has 1 aliphatic heterocycles. The first kappa shape index (κ1) is 14.6. The number of ether oxygens (including phenoxy) is 2. The van der Waals surface area contributed by atoms with Gasteiger partial charge in [0.1, 0.15) is 19.1 Å². The molecule has 1 aliphatic rings. The van der Waals surface area contributed by atoms with E-state index in [2.05, 4.69) is 15.3 Å². The number of aromatic amines is 1. The molecule has 0 spiro atoms. The summed E-state index contributed by atoms with van der Waals surface area (Å²) in [5, 5.41) is 4.41. The van der Waals surface area contributed by atoms with Gasteiger partial charge < -0.3 is 20.5 Å². The van der Waals surface area contributed by atoms with Crippen molar-refractivity contribution in [2.45, 2.75) is 13.3 Å². The van der Waals surface area contributed by atoms with E-state index < -0.39 is 0 Å². The molecule has 2 rings (SSSR count). The number of hydrogen-bond acceptors (Lipinski definition) is 8. The number of H-pyrrole nitrogens is 1. The molecule has 0 amide bonds. The molecule has 112 valence electrons. The van der Waals surface area contributed by atoms with Gasteiger partial charge in [0.25, 0.3) is 5.56 Å². The van der Waals surface area contributed by atoms with Crippen molar-refractivity contribution in [3.8, 4) is 0 Å². The van der Waals surface area contributed by atoms with Crippen molar-refractivity contribution < 1.29 is 14.3 Å². The Morgan fingerprint density at radius 2 is 2.25 bits per heavy atom. The smallest absolute Gasteiger partial charge is 0.278 e. The maximum Gasteiger partial charge on any atom is 0.278 e. The average molecular weight is 285 g/mol. The Kier molecular flexibility index (Phi) is 5.16. The summed E-state index contributed by atoms with van der Waals surface area (Å²) in [6.45, 7) is 4.17. The van der Waals surface area contributed by atoms with Crippen LogP contribution < -0.4 is 21.7 Å². The van der Waals surface area contributed by atoms with Crippen LogP contribution in [0, 0.1) is 0 Å². The van der Waals surface area contributed by atoms with Crippen LogP contribution in [-0.4, -0.2) is 43.3 Å². The molecular weight excluding hydrogens is 266 g/mol. The SMILES string of the molecule is CCOCOCCCON1CNc2c1nc(N)[nH]c2=O. The fraction of sp³-hybridized carbons (Fsp3) is 0.636. The molecule has 9 heteroatoms. The van der Waals surface area contributed by atoms with E-state index in [0.29, 0.717) is 44.4 Å². The third-order valence-electron chi connectivity index (χ3n) is 2.61. The lowest BCUT2D eigenvalue weighted by Crippen LogP contribution is -2.25. The second-order valence-corrected chi connectivity index (χ2v) is 4.07. The van der Waals surface area contributed by atoms with E-state index >= 15 is 0 Å². The topological polar surface area (TPSA) is 115 Å². The summed E-state index contributed by atoms with van der Waals surface area (Å²) in [6, 6.07) is 0. The highest BCUT2D eigenvalue weighted by atomic mass is 16.7. The van der Waals surface area contributed by atoms with Gasteiger partial charge in [0.05, 0.1) is 13.2 Å². The van der Waals surface area contributed by atoms with Crippen molar-refractivity contribution >= 4 is 17.5 Å². The third kappa shape index (κ3) is 3.59. The molecule has 4 N–H and O–H groups in total. The van der Waals surface area contributed by atoms with Crippen LogP contribution in [0.1, 0.15) is 13.3 Å². The Hall–Kier alpha value is -1.84. The van der Waals surface area contributed by atoms with Gasteiger partial charge in [-0.05, 0) is 13.3 Å². The van der Waals surface area contributed by atoms with Gasteiger partial charge in [-0.3, -0.25) is 14.6 Å². The quantitative estimate of drug-likeness (QED) is 0.447. The Labute approximate surface area is 116 Å². The first-order chi connectivity index (χ1) is 9.72. The summed E-state index contributed by atoms with van der Waals surface area (Å²) in [7, 11) is 0. The maximum absolute atomic E-state index is 11.6. The van der Waals surface area contributed by atoms with Crippen molar-refractivity contribution in [3.63, 3.8) is 0 Å². The average Bonchev–Trinajstić information content (AvgIpc) is 2.81. The fourth-order valence-electron chi connectivity index (χ4n) is 1.69. The summed E-state index contributed by atoms with van der Waals surface area (Å²) in [5.74, 6) is 0.465. The monoisotopic (exact) mass is 285 g/mol. The van der Waals surface area contributed by atoms with Crippen LogP contribution >= 0.6 is 0 Å². The minimum Gasteiger partial charge on any atom is -0.369 e. The number of anilines is 3. The standard InChI is InChI=1S/C11H19N5O4/c1-2-18-7-19-4-3-5-20-16-6-13-8-9(16)14-11(12)15-10(8)17/h13H,2-7H2,1H3,(H3,12,14,15,17). The molecule has 20 heavy (non-hydrogen) atoms. The summed E-state index contributed by atoms with van der Waals surface area (Å²) >= 11 is 0. The first-order valence-electron chi connectivity index (χ1n) is 6.42.